The van der Waals surface area contributed by atoms with Gasteiger partial charge in [0.15, 0.2) is 0 Å². The van der Waals surface area contributed by atoms with Crippen LogP contribution in [0.3, 0.4) is 0 Å². The maximum absolute atomic E-state index is 10.9. The van der Waals surface area contributed by atoms with Crippen LogP contribution in [-0.4, -0.2) is 15.0 Å². The summed E-state index contributed by atoms with van der Waals surface area (Å²) in [5.41, 5.74) is 1.73. The molecule has 7 heteroatoms. The smallest absolute Gasteiger partial charge is 0.304 e. The lowest BCUT2D eigenvalue weighted by Gasteiger charge is -2.06. The van der Waals surface area contributed by atoms with E-state index in [0.717, 1.165) is 22.6 Å². The molecule has 0 fully saturated rings. The van der Waals surface area contributed by atoms with Crippen LogP contribution in [0.25, 0.3) is 0 Å². The quantitative estimate of drug-likeness (QED) is 0.822. The van der Waals surface area contributed by atoms with Crippen molar-refractivity contribution < 1.29 is 0 Å². The maximum atomic E-state index is 10.9. The summed E-state index contributed by atoms with van der Waals surface area (Å²) in [6.45, 7) is 2.39. The van der Waals surface area contributed by atoms with Crippen molar-refractivity contribution in [2.75, 3.05) is 5.32 Å². The lowest BCUT2D eigenvalue weighted by atomic mass is 10.3. The first-order valence-electron chi connectivity index (χ1n) is 4.55. The van der Waals surface area contributed by atoms with Crippen molar-refractivity contribution in [2.24, 2.45) is 0 Å². The highest BCUT2D eigenvalue weighted by molar-refractivity contribution is 7.07. The predicted octanol–water partition coefficient (Wildman–Crippen LogP) is 1.80. The van der Waals surface area contributed by atoms with Gasteiger partial charge in [-0.2, -0.15) is 0 Å². The SMILES string of the molecule is Cc1cnc(Cl)nc1NCc1csc(=O)[nH]1. The highest BCUT2D eigenvalue weighted by atomic mass is 35.5. The zero-order chi connectivity index (χ0) is 11.5. The van der Waals surface area contributed by atoms with E-state index in [1.54, 1.807) is 11.6 Å². The molecule has 0 saturated heterocycles. The predicted molar refractivity (Wildman–Crippen MR) is 64.0 cm³/mol. The van der Waals surface area contributed by atoms with Gasteiger partial charge in [0.1, 0.15) is 5.82 Å². The fourth-order valence-corrected chi connectivity index (χ4v) is 1.89. The third-order valence-electron chi connectivity index (χ3n) is 1.96. The Labute approximate surface area is 101 Å². The molecule has 0 aliphatic rings. The largest absolute Gasteiger partial charge is 0.364 e. The van der Waals surface area contributed by atoms with Gasteiger partial charge in [-0.1, -0.05) is 11.3 Å². The molecule has 0 radical (unpaired) electrons. The third kappa shape index (κ3) is 2.59. The molecular weight excluding hydrogens is 248 g/mol. The van der Waals surface area contributed by atoms with E-state index in [9.17, 15) is 4.79 Å². The molecule has 0 bridgehead atoms. The number of aromatic amines is 1. The molecule has 0 saturated carbocycles. The summed E-state index contributed by atoms with van der Waals surface area (Å²) in [7, 11) is 0. The first kappa shape index (κ1) is 11.1. The van der Waals surface area contributed by atoms with Crippen molar-refractivity contribution in [1.82, 2.24) is 15.0 Å². The molecule has 0 aliphatic heterocycles. The Kier molecular flexibility index (Phi) is 3.21. The van der Waals surface area contributed by atoms with Crippen molar-refractivity contribution >= 4 is 28.8 Å². The lowest BCUT2D eigenvalue weighted by molar-refractivity contribution is 1.02. The van der Waals surface area contributed by atoms with Crippen LogP contribution < -0.4 is 10.2 Å². The van der Waals surface area contributed by atoms with Crippen molar-refractivity contribution in [2.45, 2.75) is 13.5 Å². The van der Waals surface area contributed by atoms with Crippen LogP contribution in [0.15, 0.2) is 16.4 Å². The number of anilines is 1. The molecule has 0 atom stereocenters. The number of aryl methyl sites for hydroxylation is 1. The number of halogens is 1. The van der Waals surface area contributed by atoms with E-state index < -0.39 is 0 Å². The zero-order valence-electron chi connectivity index (χ0n) is 8.45. The number of nitrogens with zero attached hydrogens (tertiary/aromatic N) is 2. The number of hydrogen-bond acceptors (Lipinski definition) is 5. The number of nitrogens with one attached hydrogen (secondary N) is 2. The van der Waals surface area contributed by atoms with Crippen LogP contribution >= 0.6 is 22.9 Å². The maximum Gasteiger partial charge on any atom is 0.304 e. The fourth-order valence-electron chi connectivity index (χ4n) is 1.18. The van der Waals surface area contributed by atoms with Gasteiger partial charge in [0.2, 0.25) is 5.28 Å². The zero-order valence-corrected chi connectivity index (χ0v) is 10.0. The summed E-state index contributed by atoms with van der Waals surface area (Å²) < 4.78 is 0. The third-order valence-corrected chi connectivity index (χ3v) is 2.86. The highest BCUT2D eigenvalue weighted by Crippen LogP contribution is 2.13. The van der Waals surface area contributed by atoms with Crippen molar-refractivity contribution in [1.29, 1.82) is 0 Å². The van der Waals surface area contributed by atoms with E-state index in [2.05, 4.69) is 20.3 Å². The molecule has 0 amide bonds. The summed E-state index contributed by atoms with van der Waals surface area (Å²) in [5.74, 6) is 0.673. The Bertz CT molecular complexity index is 550. The average Bonchev–Trinajstić information content (AvgIpc) is 2.66. The van der Waals surface area contributed by atoms with Gasteiger partial charge in [-0.25, -0.2) is 9.97 Å². The summed E-state index contributed by atoms with van der Waals surface area (Å²) >= 11 is 6.82. The van der Waals surface area contributed by atoms with Gasteiger partial charge in [0.05, 0.1) is 6.54 Å². The second kappa shape index (κ2) is 4.63. The van der Waals surface area contributed by atoms with Gasteiger partial charge in [-0.3, -0.25) is 4.79 Å². The minimum absolute atomic E-state index is 0.0609. The first-order chi connectivity index (χ1) is 7.65. The van der Waals surface area contributed by atoms with E-state index in [0.29, 0.717) is 12.4 Å². The van der Waals surface area contributed by atoms with E-state index in [-0.39, 0.29) is 10.2 Å². The van der Waals surface area contributed by atoms with Crippen LogP contribution in [-0.2, 0) is 6.54 Å². The molecule has 84 valence electrons. The van der Waals surface area contributed by atoms with Crippen LogP contribution in [0.4, 0.5) is 5.82 Å². The summed E-state index contributed by atoms with van der Waals surface area (Å²) in [4.78, 5) is 21.5. The van der Waals surface area contributed by atoms with Crippen LogP contribution in [0, 0.1) is 6.92 Å². The van der Waals surface area contributed by atoms with E-state index in [4.69, 9.17) is 11.6 Å². The van der Waals surface area contributed by atoms with Gasteiger partial charge >= 0.3 is 4.87 Å². The number of hydrogen-bond donors (Lipinski definition) is 2. The number of H-pyrrole nitrogens is 1. The summed E-state index contributed by atoms with van der Waals surface area (Å²) in [6, 6.07) is 0. The first-order valence-corrected chi connectivity index (χ1v) is 5.80. The molecule has 16 heavy (non-hydrogen) atoms. The Hall–Kier alpha value is -1.40. The minimum atomic E-state index is -0.0609. The molecule has 5 nitrogen and oxygen atoms in total. The van der Waals surface area contributed by atoms with Gasteiger partial charge in [-0.05, 0) is 18.5 Å². The Morgan fingerprint density at radius 1 is 1.62 bits per heavy atom. The lowest BCUT2D eigenvalue weighted by Crippen LogP contribution is -2.06. The van der Waals surface area contributed by atoms with E-state index >= 15 is 0 Å². The molecular formula is C9H9ClN4OS. The number of thiazole rings is 1. The van der Waals surface area contributed by atoms with Crippen LogP contribution in [0.1, 0.15) is 11.3 Å². The fraction of sp³-hybridized carbons (Fsp3) is 0.222. The van der Waals surface area contributed by atoms with E-state index in [1.807, 2.05) is 6.92 Å². The highest BCUT2D eigenvalue weighted by Gasteiger charge is 2.02. The standard InChI is InChI=1S/C9H9ClN4OS/c1-5-2-12-8(10)14-7(5)11-3-6-4-16-9(15)13-6/h2,4H,3H2,1H3,(H,13,15)(H,11,12,14). The van der Waals surface area contributed by atoms with E-state index in [1.165, 1.54) is 0 Å². The monoisotopic (exact) mass is 256 g/mol. The van der Waals surface area contributed by atoms with Crippen molar-refractivity contribution in [3.63, 3.8) is 0 Å². The average molecular weight is 257 g/mol. The van der Waals surface area contributed by atoms with Crippen molar-refractivity contribution in [3.8, 4) is 0 Å². The Morgan fingerprint density at radius 3 is 3.12 bits per heavy atom. The number of rotatable bonds is 3. The van der Waals surface area contributed by atoms with Gasteiger partial charge in [0, 0.05) is 22.8 Å². The molecule has 2 aromatic rings. The summed E-state index contributed by atoms with van der Waals surface area (Å²) in [5, 5.41) is 5.06. The second-order valence-corrected chi connectivity index (χ2v) is 4.38. The van der Waals surface area contributed by atoms with Crippen LogP contribution in [0.2, 0.25) is 5.28 Å². The van der Waals surface area contributed by atoms with Crippen LogP contribution in [0.5, 0.6) is 0 Å². The summed E-state index contributed by atoms with van der Waals surface area (Å²) in [6.07, 6.45) is 1.65. The molecule has 0 aliphatic carbocycles. The normalized spacial score (nSPS) is 10.4. The Morgan fingerprint density at radius 2 is 2.44 bits per heavy atom. The molecule has 2 aromatic heterocycles. The minimum Gasteiger partial charge on any atom is -0.364 e. The molecule has 0 unspecified atom stereocenters. The molecule has 2 rings (SSSR count). The van der Waals surface area contributed by atoms with Crippen molar-refractivity contribution in [3.05, 3.63) is 37.8 Å². The second-order valence-electron chi connectivity index (χ2n) is 3.20. The van der Waals surface area contributed by atoms with Gasteiger partial charge in [-0.15, -0.1) is 0 Å². The molecule has 0 aromatic carbocycles. The molecule has 2 N–H and O–H groups in total. The Balaban J connectivity index is 2.10. The van der Waals surface area contributed by atoms with Gasteiger partial charge in [0.25, 0.3) is 0 Å². The van der Waals surface area contributed by atoms with Gasteiger partial charge < -0.3 is 10.3 Å². The molecule has 2 heterocycles. The number of aromatic nitrogens is 3. The topological polar surface area (TPSA) is 70.7 Å². The molecule has 0 spiro atoms.